The number of amides is 1. The second-order valence-corrected chi connectivity index (χ2v) is 3.50. The Hall–Kier alpha value is -1.23. The molecule has 1 aromatic rings. The molecule has 68 valence electrons. The van der Waals surface area contributed by atoms with Crippen LogP contribution in [0, 0.1) is 0 Å². The Morgan fingerprint density at radius 1 is 1.54 bits per heavy atom. The van der Waals surface area contributed by atoms with Crippen LogP contribution < -0.4 is 10.1 Å². The summed E-state index contributed by atoms with van der Waals surface area (Å²) in [5, 5.41) is 11.8. The molecular formula is C8H6BrNO3. The molecule has 2 rings (SSSR count). The molecule has 0 saturated carbocycles. The zero-order valence-corrected chi connectivity index (χ0v) is 8.09. The summed E-state index contributed by atoms with van der Waals surface area (Å²) >= 11 is 3.22. The molecule has 0 unspecified atom stereocenters. The molecule has 0 bridgehead atoms. The smallest absolute Gasteiger partial charge is 0.262 e. The van der Waals surface area contributed by atoms with E-state index in [0.717, 1.165) is 0 Å². The van der Waals surface area contributed by atoms with Crippen LogP contribution in [-0.2, 0) is 4.79 Å². The van der Waals surface area contributed by atoms with Crippen molar-refractivity contribution in [2.75, 3.05) is 11.9 Å². The van der Waals surface area contributed by atoms with Gasteiger partial charge in [-0.15, -0.1) is 0 Å². The van der Waals surface area contributed by atoms with E-state index in [1.807, 2.05) is 0 Å². The van der Waals surface area contributed by atoms with E-state index < -0.39 is 0 Å². The van der Waals surface area contributed by atoms with Gasteiger partial charge in [-0.3, -0.25) is 4.79 Å². The molecule has 1 aliphatic heterocycles. The number of phenolic OH excluding ortho intramolecular Hbond substituents is 1. The van der Waals surface area contributed by atoms with Crippen molar-refractivity contribution in [2.45, 2.75) is 0 Å². The summed E-state index contributed by atoms with van der Waals surface area (Å²) in [6.07, 6.45) is 0. The third-order valence-corrected chi connectivity index (χ3v) is 2.24. The fourth-order valence-corrected chi connectivity index (χ4v) is 1.71. The number of carbonyl (C=O) groups excluding carboxylic acids is 1. The first-order valence-corrected chi connectivity index (χ1v) is 4.41. The number of anilines is 1. The fourth-order valence-electron chi connectivity index (χ4n) is 1.14. The summed E-state index contributed by atoms with van der Waals surface area (Å²) in [6.45, 7) is 0.0103. The molecule has 1 aromatic carbocycles. The zero-order chi connectivity index (χ0) is 9.42. The maximum absolute atomic E-state index is 10.9. The molecule has 0 fully saturated rings. The number of hydrogen-bond donors (Lipinski definition) is 2. The number of rotatable bonds is 0. The predicted molar refractivity (Wildman–Crippen MR) is 49.9 cm³/mol. The first kappa shape index (κ1) is 8.37. The highest BCUT2D eigenvalue weighted by atomic mass is 79.9. The van der Waals surface area contributed by atoms with Gasteiger partial charge < -0.3 is 15.2 Å². The summed E-state index contributed by atoms with van der Waals surface area (Å²) < 4.78 is 5.78. The summed E-state index contributed by atoms with van der Waals surface area (Å²) in [7, 11) is 0. The van der Waals surface area contributed by atoms with Crippen LogP contribution in [-0.4, -0.2) is 17.6 Å². The second kappa shape index (κ2) is 2.92. The summed E-state index contributed by atoms with van der Waals surface area (Å²) in [5.41, 5.74) is 0.489. The minimum absolute atomic E-state index is 0.0103. The highest BCUT2D eigenvalue weighted by molar-refractivity contribution is 9.10. The van der Waals surface area contributed by atoms with Crippen LogP contribution in [0.1, 0.15) is 0 Å². The van der Waals surface area contributed by atoms with E-state index in [0.29, 0.717) is 15.9 Å². The third kappa shape index (κ3) is 1.47. The number of carbonyl (C=O) groups is 1. The lowest BCUT2D eigenvalue weighted by atomic mass is 10.2. The number of hydrogen-bond acceptors (Lipinski definition) is 3. The molecule has 5 heteroatoms. The molecule has 0 atom stereocenters. The van der Waals surface area contributed by atoms with Gasteiger partial charge in [0.25, 0.3) is 5.91 Å². The van der Waals surface area contributed by atoms with Crippen molar-refractivity contribution >= 4 is 27.5 Å². The molecule has 4 nitrogen and oxygen atoms in total. The minimum Gasteiger partial charge on any atom is -0.508 e. The summed E-state index contributed by atoms with van der Waals surface area (Å²) in [4.78, 5) is 10.9. The van der Waals surface area contributed by atoms with Gasteiger partial charge in [0, 0.05) is 6.07 Å². The van der Waals surface area contributed by atoms with Gasteiger partial charge in [-0.05, 0) is 22.0 Å². The first-order chi connectivity index (χ1) is 6.16. The number of ether oxygens (including phenoxy) is 1. The van der Waals surface area contributed by atoms with Crippen LogP contribution in [0.25, 0.3) is 0 Å². The van der Waals surface area contributed by atoms with Gasteiger partial charge in [0.15, 0.2) is 12.4 Å². The largest absolute Gasteiger partial charge is 0.508 e. The van der Waals surface area contributed by atoms with Gasteiger partial charge in [-0.2, -0.15) is 0 Å². The third-order valence-electron chi connectivity index (χ3n) is 1.65. The van der Waals surface area contributed by atoms with Crippen molar-refractivity contribution in [3.8, 4) is 11.5 Å². The Bertz CT molecular complexity index is 378. The van der Waals surface area contributed by atoms with Gasteiger partial charge >= 0.3 is 0 Å². The number of fused-ring (bicyclic) bond motifs is 1. The zero-order valence-electron chi connectivity index (χ0n) is 6.50. The van der Waals surface area contributed by atoms with Crippen molar-refractivity contribution in [1.82, 2.24) is 0 Å². The van der Waals surface area contributed by atoms with Crippen molar-refractivity contribution in [3.63, 3.8) is 0 Å². The van der Waals surface area contributed by atoms with E-state index in [9.17, 15) is 9.90 Å². The van der Waals surface area contributed by atoms with Gasteiger partial charge in [0.1, 0.15) is 5.75 Å². The van der Waals surface area contributed by atoms with Crippen molar-refractivity contribution in [2.24, 2.45) is 0 Å². The topological polar surface area (TPSA) is 58.6 Å². The van der Waals surface area contributed by atoms with E-state index in [1.54, 1.807) is 0 Å². The molecule has 2 N–H and O–H groups in total. The molecule has 0 saturated heterocycles. The van der Waals surface area contributed by atoms with Crippen LogP contribution in [0.3, 0.4) is 0 Å². The predicted octanol–water partition coefficient (Wildman–Crippen LogP) is 1.49. The molecule has 0 radical (unpaired) electrons. The molecule has 13 heavy (non-hydrogen) atoms. The molecule has 0 aliphatic carbocycles. The number of benzene rings is 1. The minimum atomic E-state index is -0.218. The number of nitrogens with one attached hydrogen (secondary N) is 1. The van der Waals surface area contributed by atoms with E-state index in [-0.39, 0.29) is 18.3 Å². The average molecular weight is 244 g/mol. The molecule has 1 heterocycles. The Labute approximate surface area is 82.6 Å². The molecule has 0 aromatic heterocycles. The van der Waals surface area contributed by atoms with Crippen LogP contribution in [0.2, 0.25) is 0 Å². The quantitative estimate of drug-likeness (QED) is 0.726. The molecule has 1 aliphatic rings. The van der Waals surface area contributed by atoms with Gasteiger partial charge in [0.2, 0.25) is 0 Å². The van der Waals surface area contributed by atoms with E-state index in [4.69, 9.17) is 4.74 Å². The number of halogens is 1. The van der Waals surface area contributed by atoms with Crippen molar-refractivity contribution in [1.29, 1.82) is 0 Å². The van der Waals surface area contributed by atoms with E-state index in [1.165, 1.54) is 12.1 Å². The number of phenols is 1. The molecule has 0 spiro atoms. The standard InChI is InChI=1S/C8H6BrNO3/c9-5-1-4(11)2-6-8(5)13-3-7(12)10-6/h1-2,11H,3H2,(H,10,12). The highest BCUT2D eigenvalue weighted by Gasteiger charge is 2.18. The van der Waals surface area contributed by atoms with Gasteiger partial charge in [0.05, 0.1) is 10.2 Å². The Kier molecular flexibility index (Phi) is 1.88. The molecular weight excluding hydrogens is 238 g/mol. The van der Waals surface area contributed by atoms with Crippen LogP contribution in [0.4, 0.5) is 5.69 Å². The highest BCUT2D eigenvalue weighted by Crippen LogP contribution is 2.38. The van der Waals surface area contributed by atoms with Crippen LogP contribution >= 0.6 is 15.9 Å². The Morgan fingerprint density at radius 3 is 3.08 bits per heavy atom. The van der Waals surface area contributed by atoms with E-state index in [2.05, 4.69) is 21.2 Å². The maximum atomic E-state index is 10.9. The lowest BCUT2D eigenvalue weighted by molar-refractivity contribution is -0.118. The lowest BCUT2D eigenvalue weighted by Crippen LogP contribution is -2.25. The van der Waals surface area contributed by atoms with Crippen LogP contribution in [0.15, 0.2) is 16.6 Å². The van der Waals surface area contributed by atoms with E-state index >= 15 is 0 Å². The maximum Gasteiger partial charge on any atom is 0.262 e. The SMILES string of the molecule is O=C1COc2c(Br)cc(O)cc2N1. The summed E-state index contributed by atoms with van der Waals surface area (Å²) in [6, 6.07) is 2.95. The van der Waals surface area contributed by atoms with Crippen molar-refractivity contribution in [3.05, 3.63) is 16.6 Å². The monoisotopic (exact) mass is 243 g/mol. The van der Waals surface area contributed by atoms with Gasteiger partial charge in [-0.25, -0.2) is 0 Å². The Balaban J connectivity index is 2.53. The Morgan fingerprint density at radius 2 is 2.31 bits per heavy atom. The summed E-state index contributed by atoms with van der Waals surface area (Å²) in [5.74, 6) is 0.416. The van der Waals surface area contributed by atoms with Gasteiger partial charge in [-0.1, -0.05) is 0 Å². The molecule has 1 amide bonds. The normalized spacial score (nSPS) is 14.4. The van der Waals surface area contributed by atoms with Crippen LogP contribution in [0.5, 0.6) is 11.5 Å². The second-order valence-electron chi connectivity index (χ2n) is 2.64. The number of aromatic hydroxyl groups is 1. The fraction of sp³-hybridized carbons (Fsp3) is 0.125. The van der Waals surface area contributed by atoms with Crippen molar-refractivity contribution < 1.29 is 14.6 Å². The first-order valence-electron chi connectivity index (χ1n) is 3.62. The average Bonchev–Trinajstić information content (AvgIpc) is 2.02. The lowest BCUT2D eigenvalue weighted by Gasteiger charge is -2.18.